The maximum absolute atomic E-state index is 8.52. The van der Waals surface area contributed by atoms with Gasteiger partial charge >= 0.3 is 0 Å². The number of hydrogen-bond acceptors (Lipinski definition) is 2. The molecule has 0 heterocycles. The van der Waals surface area contributed by atoms with Gasteiger partial charge < -0.3 is 5.11 Å². The van der Waals surface area contributed by atoms with Crippen LogP contribution in [-0.4, -0.2) is 23.2 Å². The number of rotatable bonds is 11. The monoisotopic (exact) mass is 262 g/mol. The second kappa shape index (κ2) is 21.6. The minimum Gasteiger partial charge on any atom is -0.396 e. The molecule has 1 nitrogen and oxygen atoms in total. The second-order valence-electron chi connectivity index (χ2n) is 4.46. The van der Waals surface area contributed by atoms with Gasteiger partial charge in [-0.1, -0.05) is 72.1 Å². The van der Waals surface area contributed by atoms with E-state index in [1.54, 1.807) is 0 Å². The summed E-state index contributed by atoms with van der Waals surface area (Å²) in [6.45, 7) is 7.00. The molecule has 1 N–H and O–H groups in total. The van der Waals surface area contributed by atoms with E-state index in [0.717, 1.165) is 5.75 Å². The van der Waals surface area contributed by atoms with E-state index in [4.69, 9.17) is 5.11 Å². The summed E-state index contributed by atoms with van der Waals surface area (Å²) in [4.78, 5) is 0. The van der Waals surface area contributed by atoms with Gasteiger partial charge in [0, 0.05) is 5.75 Å². The number of hydrogen-bond donors (Lipinski definition) is 1. The van der Waals surface area contributed by atoms with Crippen LogP contribution in [0.15, 0.2) is 0 Å². The molecule has 0 radical (unpaired) electrons. The Morgan fingerprint density at radius 1 is 0.647 bits per heavy atom. The number of unbranched alkanes of at least 4 members (excludes halogenated alkanes) is 7. The molecular weight excluding hydrogens is 228 g/mol. The molecule has 0 aromatic carbocycles. The van der Waals surface area contributed by atoms with Gasteiger partial charge in [0.1, 0.15) is 0 Å². The highest BCUT2D eigenvalue weighted by Gasteiger charge is 1.90. The lowest BCUT2D eigenvalue weighted by Crippen LogP contribution is -1.88. The van der Waals surface area contributed by atoms with Crippen LogP contribution < -0.4 is 0 Å². The zero-order valence-corrected chi connectivity index (χ0v) is 13.2. The predicted molar refractivity (Wildman–Crippen MR) is 83.0 cm³/mol. The van der Waals surface area contributed by atoms with Crippen LogP contribution in [0.4, 0.5) is 0 Å². The third kappa shape index (κ3) is 26.1. The lowest BCUT2D eigenvalue weighted by atomic mass is 10.1. The summed E-state index contributed by atoms with van der Waals surface area (Å²) in [7, 11) is 0. The van der Waals surface area contributed by atoms with Crippen molar-refractivity contribution in [1.82, 2.24) is 0 Å². The summed E-state index contributed by atoms with van der Waals surface area (Å²) < 4.78 is 0. The molecule has 106 valence electrons. The van der Waals surface area contributed by atoms with E-state index in [0.29, 0.717) is 6.61 Å². The first-order valence-electron chi connectivity index (χ1n) is 7.51. The highest BCUT2D eigenvalue weighted by molar-refractivity contribution is 7.99. The largest absolute Gasteiger partial charge is 0.396 e. The summed E-state index contributed by atoms with van der Waals surface area (Å²) in [6.07, 6.45) is 12.3. The number of thioether (sulfide) groups is 1. The Labute approximate surface area is 114 Å². The first-order valence-corrected chi connectivity index (χ1v) is 8.67. The van der Waals surface area contributed by atoms with Crippen molar-refractivity contribution in [3.63, 3.8) is 0 Å². The Morgan fingerprint density at radius 3 is 1.65 bits per heavy atom. The molecule has 0 atom stereocenters. The average Bonchev–Trinajstić information content (AvgIpc) is 2.34. The zero-order chi connectivity index (χ0) is 13.2. The van der Waals surface area contributed by atoms with Gasteiger partial charge in [0.2, 0.25) is 0 Å². The SMILES string of the molecule is CCCCC.CCCCCCCCSCCO. The van der Waals surface area contributed by atoms with E-state index in [2.05, 4.69) is 20.8 Å². The first-order chi connectivity index (χ1) is 8.33. The van der Waals surface area contributed by atoms with E-state index in [1.165, 1.54) is 63.5 Å². The molecule has 0 aromatic rings. The van der Waals surface area contributed by atoms with E-state index in [1.807, 2.05) is 11.8 Å². The van der Waals surface area contributed by atoms with E-state index in [9.17, 15) is 0 Å². The van der Waals surface area contributed by atoms with E-state index < -0.39 is 0 Å². The molecule has 0 aliphatic carbocycles. The lowest BCUT2D eigenvalue weighted by molar-refractivity contribution is 0.322. The van der Waals surface area contributed by atoms with E-state index in [-0.39, 0.29) is 0 Å². The Kier molecular flexibility index (Phi) is 24.9. The molecule has 0 amide bonds. The Morgan fingerprint density at radius 2 is 1.18 bits per heavy atom. The number of aliphatic hydroxyl groups excluding tert-OH is 1. The molecule has 0 aliphatic rings. The fourth-order valence-corrected chi connectivity index (χ4v) is 2.25. The van der Waals surface area contributed by atoms with Gasteiger partial charge in [0.25, 0.3) is 0 Å². The molecule has 0 fully saturated rings. The van der Waals surface area contributed by atoms with Gasteiger partial charge in [-0.3, -0.25) is 0 Å². The molecule has 0 spiro atoms. The van der Waals surface area contributed by atoms with Gasteiger partial charge in [0.15, 0.2) is 0 Å². The molecule has 0 aliphatic heterocycles. The van der Waals surface area contributed by atoms with Crippen molar-refractivity contribution in [3.8, 4) is 0 Å². The molecule has 2 heteroatoms. The van der Waals surface area contributed by atoms with Crippen molar-refractivity contribution >= 4 is 11.8 Å². The first kappa shape index (κ1) is 19.6. The molecule has 0 saturated heterocycles. The van der Waals surface area contributed by atoms with Crippen LogP contribution in [0, 0.1) is 0 Å². The zero-order valence-electron chi connectivity index (χ0n) is 12.3. The topological polar surface area (TPSA) is 20.2 Å². The molecule has 0 aromatic heterocycles. The Bertz CT molecular complexity index is 95.1. The smallest absolute Gasteiger partial charge is 0.0521 e. The van der Waals surface area contributed by atoms with Crippen LogP contribution in [0.25, 0.3) is 0 Å². The second-order valence-corrected chi connectivity index (χ2v) is 5.68. The Balaban J connectivity index is 0. The quantitative estimate of drug-likeness (QED) is 0.512. The van der Waals surface area contributed by atoms with Crippen molar-refractivity contribution < 1.29 is 5.11 Å². The van der Waals surface area contributed by atoms with Gasteiger partial charge in [-0.2, -0.15) is 11.8 Å². The average molecular weight is 263 g/mol. The van der Waals surface area contributed by atoms with Crippen LogP contribution in [0.2, 0.25) is 0 Å². The number of aliphatic hydroxyl groups is 1. The maximum Gasteiger partial charge on any atom is 0.0521 e. The van der Waals surface area contributed by atoms with Crippen molar-refractivity contribution in [1.29, 1.82) is 0 Å². The van der Waals surface area contributed by atoms with E-state index >= 15 is 0 Å². The van der Waals surface area contributed by atoms with Gasteiger partial charge in [-0.05, 0) is 12.2 Å². The van der Waals surface area contributed by atoms with Crippen molar-refractivity contribution in [2.24, 2.45) is 0 Å². The van der Waals surface area contributed by atoms with Gasteiger partial charge in [-0.15, -0.1) is 0 Å². The highest BCUT2D eigenvalue weighted by Crippen LogP contribution is 2.08. The van der Waals surface area contributed by atoms with Crippen LogP contribution >= 0.6 is 11.8 Å². The van der Waals surface area contributed by atoms with Gasteiger partial charge in [0.05, 0.1) is 6.61 Å². The summed E-state index contributed by atoms with van der Waals surface area (Å²) in [5.41, 5.74) is 0. The van der Waals surface area contributed by atoms with Crippen molar-refractivity contribution in [2.75, 3.05) is 18.1 Å². The fraction of sp³-hybridized carbons (Fsp3) is 1.00. The van der Waals surface area contributed by atoms with Crippen molar-refractivity contribution in [2.45, 2.75) is 78.6 Å². The minimum absolute atomic E-state index is 0.334. The molecule has 0 unspecified atom stereocenters. The molecule has 17 heavy (non-hydrogen) atoms. The lowest BCUT2D eigenvalue weighted by Gasteiger charge is -1.99. The summed E-state index contributed by atoms with van der Waals surface area (Å²) in [5.74, 6) is 2.14. The summed E-state index contributed by atoms with van der Waals surface area (Å²) in [6, 6.07) is 0. The third-order valence-corrected chi connectivity index (χ3v) is 3.63. The maximum atomic E-state index is 8.52. The van der Waals surface area contributed by atoms with Gasteiger partial charge in [-0.25, -0.2) is 0 Å². The Hall–Kier alpha value is 0.310. The molecule has 0 bridgehead atoms. The predicted octanol–water partition coefficient (Wildman–Crippen LogP) is 5.27. The van der Waals surface area contributed by atoms with Crippen LogP contribution in [0.3, 0.4) is 0 Å². The summed E-state index contributed by atoms with van der Waals surface area (Å²) >= 11 is 1.87. The normalized spacial score (nSPS) is 9.88. The molecule has 0 saturated carbocycles. The molecule has 0 rings (SSSR count). The summed E-state index contributed by atoms with van der Waals surface area (Å²) in [5, 5.41) is 8.52. The van der Waals surface area contributed by atoms with Crippen LogP contribution in [-0.2, 0) is 0 Å². The minimum atomic E-state index is 0.334. The highest BCUT2D eigenvalue weighted by atomic mass is 32.2. The van der Waals surface area contributed by atoms with Crippen molar-refractivity contribution in [3.05, 3.63) is 0 Å². The fourth-order valence-electron chi connectivity index (χ4n) is 1.50. The standard InChI is InChI=1S/C10H22OS.C5H12/c1-2-3-4-5-6-7-9-12-10-8-11;1-3-5-4-2/h11H,2-10H2,1H3;3-5H2,1-2H3. The van der Waals surface area contributed by atoms with Crippen LogP contribution in [0.5, 0.6) is 0 Å². The third-order valence-electron chi connectivity index (χ3n) is 2.58. The molecular formula is C15H34OS. The van der Waals surface area contributed by atoms with Crippen LogP contribution in [0.1, 0.15) is 78.6 Å².